The van der Waals surface area contributed by atoms with Gasteiger partial charge < -0.3 is 14.2 Å². The lowest BCUT2D eigenvalue weighted by Crippen LogP contribution is -2.30. The summed E-state index contributed by atoms with van der Waals surface area (Å²) in [6.45, 7) is 6.46. The minimum absolute atomic E-state index is 0.0975. The predicted molar refractivity (Wildman–Crippen MR) is 307 cm³/mol. The molecule has 0 N–H and O–H groups in total. The standard InChI is InChI=1S/C65H108O6/c1-4-7-10-13-16-19-22-25-28-29-30-31-32-33-34-35-38-40-43-46-49-52-55-58-64(67)70-61-62(71-65(68)59-56-53-50-47-44-41-37-27-24-21-18-15-12-9-6-3)60-69-63(66)57-54-51-48-45-42-39-36-26-23-20-17-14-11-8-5-2/h7,10,16,18-19,21,25-28,30-31,33-34,36-38,40,62H,4-6,8-9,11-15,17,20,22-24,29,32,35,39,41-61H2,1-3H3/b10-7-,19-16-,21-18-,28-25-,31-30-,34-33-,36-26-,37-27-,40-38-. The van der Waals surface area contributed by atoms with Crippen molar-refractivity contribution >= 4 is 17.9 Å². The molecule has 404 valence electrons. The summed E-state index contributed by atoms with van der Waals surface area (Å²) in [7, 11) is 0. The summed E-state index contributed by atoms with van der Waals surface area (Å²) in [4.78, 5) is 38.2. The molecular formula is C65H108O6. The Morgan fingerprint density at radius 3 is 0.901 bits per heavy atom. The molecule has 0 saturated carbocycles. The van der Waals surface area contributed by atoms with Crippen LogP contribution in [0.1, 0.15) is 265 Å². The van der Waals surface area contributed by atoms with E-state index in [4.69, 9.17) is 14.2 Å². The first-order valence-electron chi connectivity index (χ1n) is 29.4. The highest BCUT2D eigenvalue weighted by molar-refractivity contribution is 5.71. The molecule has 1 unspecified atom stereocenters. The van der Waals surface area contributed by atoms with Gasteiger partial charge in [-0.3, -0.25) is 14.4 Å². The second-order valence-electron chi connectivity index (χ2n) is 19.2. The van der Waals surface area contributed by atoms with E-state index in [0.717, 1.165) is 141 Å². The average molecular weight is 986 g/mol. The second-order valence-corrected chi connectivity index (χ2v) is 19.2. The van der Waals surface area contributed by atoms with Crippen molar-refractivity contribution in [3.05, 3.63) is 109 Å². The molecule has 0 aliphatic rings. The highest BCUT2D eigenvalue weighted by Gasteiger charge is 2.19. The fourth-order valence-electron chi connectivity index (χ4n) is 7.82. The van der Waals surface area contributed by atoms with Gasteiger partial charge in [0.2, 0.25) is 0 Å². The molecule has 1 atom stereocenters. The molecule has 0 aromatic carbocycles. The molecule has 0 rings (SSSR count). The van der Waals surface area contributed by atoms with Gasteiger partial charge in [0.1, 0.15) is 13.2 Å². The van der Waals surface area contributed by atoms with Gasteiger partial charge in [-0.2, -0.15) is 0 Å². The van der Waals surface area contributed by atoms with Crippen LogP contribution >= 0.6 is 0 Å². The van der Waals surface area contributed by atoms with E-state index >= 15 is 0 Å². The van der Waals surface area contributed by atoms with Gasteiger partial charge in [-0.25, -0.2) is 0 Å². The maximum Gasteiger partial charge on any atom is 0.306 e. The largest absolute Gasteiger partial charge is 0.462 e. The third-order valence-corrected chi connectivity index (χ3v) is 12.2. The molecule has 6 nitrogen and oxygen atoms in total. The Balaban J connectivity index is 4.45. The van der Waals surface area contributed by atoms with Crippen molar-refractivity contribution < 1.29 is 28.6 Å². The Bertz CT molecular complexity index is 1460. The molecule has 0 aliphatic heterocycles. The lowest BCUT2D eigenvalue weighted by Gasteiger charge is -2.18. The zero-order valence-electron chi connectivity index (χ0n) is 46.2. The van der Waals surface area contributed by atoms with Crippen molar-refractivity contribution in [2.75, 3.05) is 13.2 Å². The minimum Gasteiger partial charge on any atom is -0.462 e. The number of ether oxygens (including phenoxy) is 3. The molecule has 6 heteroatoms. The zero-order chi connectivity index (χ0) is 51.4. The summed E-state index contributed by atoms with van der Waals surface area (Å²) in [6, 6.07) is 0. The average Bonchev–Trinajstić information content (AvgIpc) is 3.37. The van der Waals surface area contributed by atoms with Gasteiger partial charge in [0, 0.05) is 19.3 Å². The van der Waals surface area contributed by atoms with E-state index in [9.17, 15) is 14.4 Å². The van der Waals surface area contributed by atoms with Crippen molar-refractivity contribution in [3.63, 3.8) is 0 Å². The van der Waals surface area contributed by atoms with Gasteiger partial charge in [0.05, 0.1) is 0 Å². The summed E-state index contributed by atoms with van der Waals surface area (Å²) in [5, 5.41) is 0. The van der Waals surface area contributed by atoms with Crippen molar-refractivity contribution in [1.29, 1.82) is 0 Å². The molecule has 0 spiro atoms. The van der Waals surface area contributed by atoms with E-state index < -0.39 is 6.10 Å². The monoisotopic (exact) mass is 985 g/mol. The molecule has 0 aliphatic carbocycles. The first-order valence-corrected chi connectivity index (χ1v) is 29.4. The summed E-state index contributed by atoms with van der Waals surface area (Å²) in [6.07, 6.45) is 79.3. The number of rotatable bonds is 52. The summed E-state index contributed by atoms with van der Waals surface area (Å²) < 4.78 is 16.8. The van der Waals surface area contributed by atoms with Crippen LogP contribution < -0.4 is 0 Å². The Kier molecular flexibility index (Phi) is 55.4. The first-order chi connectivity index (χ1) is 35.0. The number of carbonyl (C=O) groups is 3. The molecule has 0 bridgehead atoms. The maximum atomic E-state index is 12.9. The van der Waals surface area contributed by atoms with Gasteiger partial charge in [0.15, 0.2) is 6.10 Å². The quantitative estimate of drug-likeness (QED) is 0.0261. The van der Waals surface area contributed by atoms with Crippen molar-refractivity contribution in [3.8, 4) is 0 Å². The lowest BCUT2D eigenvalue weighted by molar-refractivity contribution is -0.167. The second kappa shape index (κ2) is 58.6. The fraction of sp³-hybridized carbons (Fsp3) is 0.677. The molecule has 0 heterocycles. The highest BCUT2D eigenvalue weighted by atomic mass is 16.6. The van der Waals surface area contributed by atoms with Crippen LogP contribution in [-0.2, 0) is 28.6 Å². The van der Waals surface area contributed by atoms with Crippen LogP contribution in [-0.4, -0.2) is 37.2 Å². The van der Waals surface area contributed by atoms with Crippen molar-refractivity contribution in [2.45, 2.75) is 271 Å². The van der Waals surface area contributed by atoms with Gasteiger partial charge in [-0.15, -0.1) is 0 Å². The topological polar surface area (TPSA) is 78.9 Å². The fourth-order valence-corrected chi connectivity index (χ4v) is 7.82. The van der Waals surface area contributed by atoms with Gasteiger partial charge in [-0.1, -0.05) is 226 Å². The zero-order valence-corrected chi connectivity index (χ0v) is 46.2. The number of hydrogen-bond donors (Lipinski definition) is 0. The summed E-state index contributed by atoms with van der Waals surface area (Å²) >= 11 is 0. The first kappa shape index (κ1) is 67.1. The Morgan fingerprint density at radius 2 is 0.549 bits per heavy atom. The van der Waals surface area contributed by atoms with E-state index in [0.29, 0.717) is 19.3 Å². The van der Waals surface area contributed by atoms with Crippen LogP contribution in [0.2, 0.25) is 0 Å². The maximum absolute atomic E-state index is 12.9. The normalized spacial score (nSPS) is 12.9. The van der Waals surface area contributed by atoms with Gasteiger partial charge >= 0.3 is 17.9 Å². The number of hydrogen-bond acceptors (Lipinski definition) is 6. The van der Waals surface area contributed by atoms with Gasteiger partial charge in [0.25, 0.3) is 0 Å². The molecule has 71 heavy (non-hydrogen) atoms. The molecule has 0 aromatic rings. The molecule has 0 aromatic heterocycles. The number of carbonyl (C=O) groups excluding carboxylic acids is 3. The SMILES string of the molecule is CC/C=C\C/C=C\C/C=C\C/C=C\C/C=C\C/C=C\CCCCCCC(=O)OCC(COC(=O)CCCCCCC/C=C\CCCCCCCC)OC(=O)CCCCCCC/C=C\C/C=C\CCCCC. The molecule has 0 saturated heterocycles. The molecule has 0 radical (unpaired) electrons. The van der Waals surface area contributed by atoms with E-state index in [2.05, 4.69) is 130 Å². The predicted octanol–water partition coefficient (Wildman–Crippen LogP) is 19.9. The van der Waals surface area contributed by atoms with Crippen LogP contribution in [0.3, 0.4) is 0 Å². The van der Waals surface area contributed by atoms with Crippen LogP contribution in [0.4, 0.5) is 0 Å². The third kappa shape index (κ3) is 56.9. The molecular weight excluding hydrogens is 877 g/mol. The molecule has 0 amide bonds. The number of allylic oxidation sites excluding steroid dienone is 18. The van der Waals surface area contributed by atoms with Crippen LogP contribution in [0, 0.1) is 0 Å². The highest BCUT2D eigenvalue weighted by Crippen LogP contribution is 2.14. The summed E-state index contributed by atoms with van der Waals surface area (Å²) in [5.41, 5.74) is 0. The Hall–Kier alpha value is -3.93. The van der Waals surface area contributed by atoms with Crippen molar-refractivity contribution in [1.82, 2.24) is 0 Å². The van der Waals surface area contributed by atoms with E-state index in [1.807, 2.05) is 0 Å². The minimum atomic E-state index is -0.802. The lowest BCUT2D eigenvalue weighted by atomic mass is 10.1. The number of unbranched alkanes of at least 4 members (excludes halogenated alkanes) is 23. The van der Waals surface area contributed by atoms with E-state index in [1.165, 1.54) is 83.5 Å². The van der Waals surface area contributed by atoms with Gasteiger partial charge in [-0.05, 0) is 128 Å². The van der Waals surface area contributed by atoms with E-state index in [-0.39, 0.29) is 31.1 Å². The van der Waals surface area contributed by atoms with Crippen LogP contribution in [0.25, 0.3) is 0 Å². The molecule has 0 fully saturated rings. The van der Waals surface area contributed by atoms with Crippen molar-refractivity contribution in [2.24, 2.45) is 0 Å². The Morgan fingerprint density at radius 1 is 0.296 bits per heavy atom. The van der Waals surface area contributed by atoms with E-state index in [1.54, 1.807) is 0 Å². The third-order valence-electron chi connectivity index (χ3n) is 12.2. The van der Waals surface area contributed by atoms with Crippen LogP contribution in [0.5, 0.6) is 0 Å². The Labute approximate surface area is 438 Å². The number of esters is 3. The smallest absolute Gasteiger partial charge is 0.306 e. The summed E-state index contributed by atoms with van der Waals surface area (Å²) in [5.74, 6) is -0.943. The van der Waals surface area contributed by atoms with Crippen LogP contribution in [0.15, 0.2) is 109 Å².